The van der Waals surface area contributed by atoms with Gasteiger partial charge in [-0.3, -0.25) is 9.59 Å². The first-order chi connectivity index (χ1) is 11.9. The number of thiazole rings is 1. The maximum Gasteiger partial charge on any atom is 0.251 e. The van der Waals surface area contributed by atoms with E-state index >= 15 is 0 Å². The minimum Gasteiger partial charge on any atom is -0.343 e. The van der Waals surface area contributed by atoms with Gasteiger partial charge in [-0.25, -0.2) is 13.8 Å². The Morgan fingerprint density at radius 2 is 1.96 bits per heavy atom. The van der Waals surface area contributed by atoms with E-state index in [0.717, 1.165) is 34.0 Å². The maximum atomic E-state index is 13.1. The number of para-hydroxylation sites is 1. The average Bonchev–Trinajstić information content (AvgIpc) is 2.99. The highest BCUT2D eigenvalue weighted by Crippen LogP contribution is 2.27. The number of halogens is 2. The van der Waals surface area contributed by atoms with E-state index in [0.29, 0.717) is 5.13 Å². The van der Waals surface area contributed by atoms with Crippen LogP contribution in [0.4, 0.5) is 13.9 Å². The Balaban J connectivity index is 1.61. The van der Waals surface area contributed by atoms with Gasteiger partial charge in [-0.1, -0.05) is 23.5 Å². The lowest BCUT2D eigenvalue weighted by molar-refractivity contribution is -0.115. The van der Waals surface area contributed by atoms with Crippen molar-refractivity contribution in [3.05, 3.63) is 59.2 Å². The molecule has 0 aliphatic carbocycles. The first-order valence-electron chi connectivity index (χ1n) is 7.33. The Hall–Kier alpha value is -2.87. The molecule has 25 heavy (non-hydrogen) atoms. The molecule has 2 aromatic carbocycles. The second-order valence-corrected chi connectivity index (χ2v) is 6.33. The van der Waals surface area contributed by atoms with Gasteiger partial charge < -0.3 is 10.6 Å². The number of aromatic nitrogens is 1. The minimum absolute atomic E-state index is 0.0673. The van der Waals surface area contributed by atoms with Gasteiger partial charge >= 0.3 is 0 Å². The number of hydrogen-bond donors (Lipinski definition) is 2. The van der Waals surface area contributed by atoms with Crippen molar-refractivity contribution in [3.63, 3.8) is 0 Å². The Morgan fingerprint density at radius 1 is 1.16 bits per heavy atom. The van der Waals surface area contributed by atoms with Crippen LogP contribution in [0.15, 0.2) is 36.4 Å². The van der Waals surface area contributed by atoms with E-state index in [2.05, 4.69) is 15.6 Å². The van der Waals surface area contributed by atoms with Gasteiger partial charge in [0.15, 0.2) is 16.8 Å². The number of carbonyl (C=O) groups is 2. The van der Waals surface area contributed by atoms with Gasteiger partial charge in [0, 0.05) is 5.56 Å². The standard InChI is InChI=1S/C17H13F2N3O2S/c1-9-3-2-4-13-15(9)22-17(25-13)21-14(23)8-20-16(24)10-5-6-11(18)12(19)7-10/h2-7H,8H2,1H3,(H,20,24)(H,21,22,23). The Morgan fingerprint density at radius 3 is 2.68 bits per heavy atom. The molecule has 0 bridgehead atoms. The molecule has 0 spiro atoms. The van der Waals surface area contributed by atoms with Gasteiger partial charge in [-0.05, 0) is 36.8 Å². The summed E-state index contributed by atoms with van der Waals surface area (Å²) in [4.78, 5) is 28.1. The molecule has 0 fully saturated rings. The molecule has 0 saturated heterocycles. The highest BCUT2D eigenvalue weighted by Gasteiger charge is 2.13. The van der Waals surface area contributed by atoms with E-state index in [1.54, 1.807) is 0 Å². The van der Waals surface area contributed by atoms with Crippen molar-refractivity contribution in [1.29, 1.82) is 0 Å². The number of aryl methyl sites for hydroxylation is 1. The van der Waals surface area contributed by atoms with Crippen LogP contribution in [0.5, 0.6) is 0 Å². The Labute approximate surface area is 145 Å². The van der Waals surface area contributed by atoms with Crippen LogP contribution in [0, 0.1) is 18.6 Å². The summed E-state index contributed by atoms with van der Waals surface area (Å²) in [6.07, 6.45) is 0. The predicted molar refractivity (Wildman–Crippen MR) is 91.7 cm³/mol. The third-order valence-electron chi connectivity index (χ3n) is 3.46. The van der Waals surface area contributed by atoms with Gasteiger partial charge in [0.2, 0.25) is 5.91 Å². The second-order valence-electron chi connectivity index (χ2n) is 5.30. The van der Waals surface area contributed by atoms with Crippen molar-refractivity contribution in [2.24, 2.45) is 0 Å². The second kappa shape index (κ2) is 6.94. The van der Waals surface area contributed by atoms with Gasteiger partial charge in [-0.15, -0.1) is 0 Å². The lowest BCUT2D eigenvalue weighted by Crippen LogP contribution is -2.32. The molecule has 8 heteroatoms. The molecule has 0 atom stereocenters. The predicted octanol–water partition coefficient (Wildman–Crippen LogP) is 3.25. The molecule has 2 amide bonds. The van der Waals surface area contributed by atoms with E-state index in [4.69, 9.17) is 0 Å². The van der Waals surface area contributed by atoms with Crippen molar-refractivity contribution in [2.75, 3.05) is 11.9 Å². The van der Waals surface area contributed by atoms with Crippen molar-refractivity contribution >= 4 is 38.5 Å². The number of carbonyl (C=O) groups excluding carboxylic acids is 2. The van der Waals surface area contributed by atoms with E-state index in [-0.39, 0.29) is 12.1 Å². The van der Waals surface area contributed by atoms with Crippen molar-refractivity contribution in [2.45, 2.75) is 6.92 Å². The summed E-state index contributed by atoms with van der Waals surface area (Å²) >= 11 is 1.33. The van der Waals surface area contributed by atoms with Crippen LogP contribution in [0.2, 0.25) is 0 Å². The molecule has 5 nitrogen and oxygen atoms in total. The fourth-order valence-corrected chi connectivity index (χ4v) is 3.16. The molecule has 1 aromatic heterocycles. The summed E-state index contributed by atoms with van der Waals surface area (Å²) in [6, 6.07) is 8.51. The number of nitrogens with one attached hydrogen (secondary N) is 2. The zero-order valence-electron chi connectivity index (χ0n) is 13.1. The van der Waals surface area contributed by atoms with Crippen LogP contribution < -0.4 is 10.6 Å². The van der Waals surface area contributed by atoms with Crippen molar-refractivity contribution < 1.29 is 18.4 Å². The highest BCUT2D eigenvalue weighted by molar-refractivity contribution is 7.22. The Bertz CT molecular complexity index is 972. The third-order valence-corrected chi connectivity index (χ3v) is 4.39. The van der Waals surface area contributed by atoms with E-state index in [1.807, 2.05) is 25.1 Å². The molecular weight excluding hydrogens is 348 g/mol. The SMILES string of the molecule is Cc1cccc2sc(NC(=O)CNC(=O)c3ccc(F)c(F)c3)nc12. The number of rotatable bonds is 4. The van der Waals surface area contributed by atoms with Crippen LogP contribution in [0.3, 0.4) is 0 Å². The quantitative estimate of drug-likeness (QED) is 0.749. The van der Waals surface area contributed by atoms with Crippen LogP contribution in [-0.2, 0) is 4.79 Å². The zero-order chi connectivity index (χ0) is 18.0. The number of benzene rings is 2. The van der Waals surface area contributed by atoms with Crippen LogP contribution in [0.25, 0.3) is 10.2 Å². The fourth-order valence-electron chi connectivity index (χ4n) is 2.20. The number of hydrogen-bond acceptors (Lipinski definition) is 4. The largest absolute Gasteiger partial charge is 0.343 e. The third kappa shape index (κ3) is 3.80. The zero-order valence-corrected chi connectivity index (χ0v) is 13.9. The topological polar surface area (TPSA) is 71.1 Å². The van der Waals surface area contributed by atoms with Gasteiger partial charge in [0.1, 0.15) is 0 Å². The molecule has 2 N–H and O–H groups in total. The molecule has 3 aromatic rings. The maximum absolute atomic E-state index is 13.1. The number of fused-ring (bicyclic) bond motifs is 1. The van der Waals surface area contributed by atoms with E-state index in [9.17, 15) is 18.4 Å². The number of nitrogens with zero attached hydrogens (tertiary/aromatic N) is 1. The van der Waals surface area contributed by atoms with Gasteiger partial charge in [0.25, 0.3) is 5.91 Å². The molecule has 0 saturated carbocycles. The molecule has 0 aliphatic heterocycles. The normalized spacial score (nSPS) is 10.7. The number of amides is 2. The highest BCUT2D eigenvalue weighted by atomic mass is 32.1. The Kier molecular flexibility index (Phi) is 4.71. The van der Waals surface area contributed by atoms with E-state index < -0.39 is 23.4 Å². The molecular formula is C17H13F2N3O2S. The molecule has 1 heterocycles. The van der Waals surface area contributed by atoms with Crippen LogP contribution >= 0.6 is 11.3 Å². The van der Waals surface area contributed by atoms with Gasteiger partial charge in [-0.2, -0.15) is 0 Å². The van der Waals surface area contributed by atoms with Crippen molar-refractivity contribution in [3.8, 4) is 0 Å². The van der Waals surface area contributed by atoms with E-state index in [1.165, 1.54) is 11.3 Å². The molecule has 0 aliphatic rings. The summed E-state index contributed by atoms with van der Waals surface area (Å²) in [5.74, 6) is -3.30. The monoisotopic (exact) mass is 361 g/mol. The lowest BCUT2D eigenvalue weighted by atomic mass is 10.2. The summed E-state index contributed by atoms with van der Waals surface area (Å²) in [5, 5.41) is 5.38. The first-order valence-corrected chi connectivity index (χ1v) is 8.15. The fraction of sp³-hybridized carbons (Fsp3) is 0.118. The van der Waals surface area contributed by atoms with Crippen LogP contribution in [0.1, 0.15) is 15.9 Å². The van der Waals surface area contributed by atoms with Crippen LogP contribution in [-0.4, -0.2) is 23.3 Å². The summed E-state index contributed by atoms with van der Waals surface area (Å²) in [7, 11) is 0. The number of anilines is 1. The van der Waals surface area contributed by atoms with Crippen molar-refractivity contribution in [1.82, 2.24) is 10.3 Å². The molecule has 128 valence electrons. The molecule has 0 unspecified atom stereocenters. The molecule has 0 radical (unpaired) electrons. The summed E-state index contributed by atoms with van der Waals surface area (Å²) < 4.78 is 26.9. The minimum atomic E-state index is -1.12. The average molecular weight is 361 g/mol. The van der Waals surface area contributed by atoms with Gasteiger partial charge in [0.05, 0.1) is 16.8 Å². The first kappa shape index (κ1) is 17.0. The summed E-state index contributed by atoms with van der Waals surface area (Å²) in [6.45, 7) is 1.61. The molecule has 3 rings (SSSR count). The lowest BCUT2D eigenvalue weighted by Gasteiger charge is -2.05. The summed E-state index contributed by atoms with van der Waals surface area (Å²) in [5.41, 5.74) is 1.75. The smallest absolute Gasteiger partial charge is 0.251 e.